The van der Waals surface area contributed by atoms with E-state index in [2.05, 4.69) is 31.1 Å². The van der Waals surface area contributed by atoms with Crippen LogP contribution in [0.25, 0.3) is 0 Å². The molecule has 100 valence electrons. The number of thiocarbonyl (C=S) groups is 1. The van der Waals surface area contributed by atoms with Gasteiger partial charge in [-0.15, -0.1) is 0 Å². The largest absolute Gasteiger partial charge is 0.389 e. The molecule has 0 aliphatic rings. The summed E-state index contributed by atoms with van der Waals surface area (Å²) in [5, 5.41) is 3.39. The molecule has 0 atom stereocenters. The first-order chi connectivity index (χ1) is 8.50. The Hall–Kier alpha value is -1.13. The normalized spacial score (nSPS) is 10.9. The predicted molar refractivity (Wildman–Crippen MR) is 83.2 cm³/mol. The Labute approximate surface area is 115 Å². The van der Waals surface area contributed by atoms with E-state index in [0.29, 0.717) is 11.0 Å². The van der Waals surface area contributed by atoms with E-state index >= 15 is 0 Å². The molecule has 0 radical (unpaired) electrons. The molecule has 0 aliphatic carbocycles. The Morgan fingerprint density at radius 1 is 1.33 bits per heavy atom. The molecule has 0 amide bonds. The summed E-state index contributed by atoms with van der Waals surface area (Å²) in [6.07, 6.45) is 1.13. The zero-order chi connectivity index (χ0) is 13.5. The molecular weight excluding hydrogens is 242 g/mol. The molecule has 0 bridgehead atoms. The van der Waals surface area contributed by atoms with Crippen LogP contribution in [-0.4, -0.2) is 36.1 Å². The van der Waals surface area contributed by atoms with Crippen LogP contribution in [0.4, 0.5) is 5.69 Å². The molecule has 3 nitrogen and oxygen atoms in total. The third-order valence-electron chi connectivity index (χ3n) is 3.07. The van der Waals surface area contributed by atoms with E-state index in [1.165, 1.54) is 0 Å². The Kier molecular flexibility index (Phi) is 6.09. The van der Waals surface area contributed by atoms with Crippen LogP contribution in [0.15, 0.2) is 24.3 Å². The maximum absolute atomic E-state index is 5.55. The fraction of sp³-hybridized carbons (Fsp3) is 0.500. The van der Waals surface area contributed by atoms with Gasteiger partial charge in [-0.1, -0.05) is 12.2 Å². The average Bonchev–Trinajstić information content (AvgIpc) is 2.34. The van der Waals surface area contributed by atoms with Gasteiger partial charge in [0, 0.05) is 23.8 Å². The van der Waals surface area contributed by atoms with Gasteiger partial charge in [-0.2, -0.15) is 0 Å². The first-order valence-corrected chi connectivity index (χ1v) is 6.75. The zero-order valence-corrected chi connectivity index (χ0v) is 12.3. The smallest absolute Gasteiger partial charge is 0.103 e. The minimum Gasteiger partial charge on any atom is -0.389 e. The molecule has 0 heterocycles. The van der Waals surface area contributed by atoms with Gasteiger partial charge in [0.25, 0.3) is 0 Å². The molecular formula is C14H23N3S. The molecule has 1 aromatic rings. The fourth-order valence-electron chi connectivity index (χ4n) is 1.57. The molecule has 4 heteroatoms. The Bertz CT molecular complexity index is 373. The van der Waals surface area contributed by atoms with Gasteiger partial charge in [0.2, 0.25) is 0 Å². The molecule has 0 spiro atoms. The second-order valence-electron chi connectivity index (χ2n) is 4.80. The highest BCUT2D eigenvalue weighted by atomic mass is 32.1. The van der Waals surface area contributed by atoms with Crippen LogP contribution >= 0.6 is 12.2 Å². The van der Waals surface area contributed by atoms with Crippen molar-refractivity contribution in [2.24, 2.45) is 5.73 Å². The summed E-state index contributed by atoms with van der Waals surface area (Å²) in [6.45, 7) is 6.50. The van der Waals surface area contributed by atoms with Crippen molar-refractivity contribution in [3.63, 3.8) is 0 Å². The molecule has 0 aromatic heterocycles. The van der Waals surface area contributed by atoms with Gasteiger partial charge in [-0.3, -0.25) is 0 Å². The lowest BCUT2D eigenvalue weighted by molar-refractivity contribution is 0.273. The van der Waals surface area contributed by atoms with Crippen molar-refractivity contribution < 1.29 is 0 Å². The van der Waals surface area contributed by atoms with Crippen molar-refractivity contribution in [3.8, 4) is 0 Å². The summed E-state index contributed by atoms with van der Waals surface area (Å²) in [4.78, 5) is 2.79. The van der Waals surface area contributed by atoms with E-state index in [1.807, 2.05) is 24.3 Å². The molecule has 0 saturated carbocycles. The van der Waals surface area contributed by atoms with Gasteiger partial charge in [0.1, 0.15) is 4.99 Å². The van der Waals surface area contributed by atoms with E-state index in [0.717, 1.165) is 30.8 Å². The van der Waals surface area contributed by atoms with Crippen LogP contribution in [0.5, 0.6) is 0 Å². The molecule has 0 aliphatic heterocycles. The lowest BCUT2D eigenvalue weighted by Gasteiger charge is -2.20. The summed E-state index contributed by atoms with van der Waals surface area (Å²) in [6, 6.07) is 8.53. The van der Waals surface area contributed by atoms with Gasteiger partial charge < -0.3 is 16.0 Å². The summed E-state index contributed by atoms with van der Waals surface area (Å²) in [5.74, 6) is 0. The SMILES string of the molecule is CC(C)N(C)CCCNc1ccc(C(N)=S)cc1. The lowest BCUT2D eigenvalue weighted by atomic mass is 10.2. The van der Waals surface area contributed by atoms with Crippen molar-refractivity contribution in [1.29, 1.82) is 0 Å². The van der Waals surface area contributed by atoms with Crippen molar-refractivity contribution in [2.75, 3.05) is 25.5 Å². The fourth-order valence-corrected chi connectivity index (χ4v) is 1.71. The number of nitrogens with one attached hydrogen (secondary N) is 1. The third kappa shape index (κ3) is 5.02. The topological polar surface area (TPSA) is 41.3 Å². The summed E-state index contributed by atoms with van der Waals surface area (Å²) < 4.78 is 0. The first kappa shape index (κ1) is 14.9. The van der Waals surface area contributed by atoms with Crippen LogP contribution in [0.1, 0.15) is 25.8 Å². The summed E-state index contributed by atoms with van der Waals surface area (Å²) in [5.41, 5.74) is 7.58. The Morgan fingerprint density at radius 2 is 1.94 bits per heavy atom. The molecule has 1 rings (SSSR count). The first-order valence-electron chi connectivity index (χ1n) is 6.34. The van der Waals surface area contributed by atoms with Gasteiger partial charge in [-0.05, 0) is 58.1 Å². The molecule has 0 saturated heterocycles. The monoisotopic (exact) mass is 265 g/mol. The van der Waals surface area contributed by atoms with Crippen LogP contribution in [0, 0.1) is 0 Å². The number of benzene rings is 1. The van der Waals surface area contributed by atoms with E-state index < -0.39 is 0 Å². The maximum atomic E-state index is 5.55. The van der Waals surface area contributed by atoms with Gasteiger partial charge >= 0.3 is 0 Å². The minimum absolute atomic E-state index is 0.445. The van der Waals surface area contributed by atoms with Gasteiger partial charge in [-0.25, -0.2) is 0 Å². The van der Waals surface area contributed by atoms with E-state index in [4.69, 9.17) is 18.0 Å². The van der Waals surface area contributed by atoms with E-state index in [-0.39, 0.29) is 0 Å². The molecule has 3 N–H and O–H groups in total. The van der Waals surface area contributed by atoms with Gasteiger partial charge in [0.15, 0.2) is 0 Å². The number of rotatable bonds is 7. The molecule has 0 fully saturated rings. The quantitative estimate of drug-likeness (QED) is 0.587. The van der Waals surface area contributed by atoms with Crippen LogP contribution in [0.3, 0.4) is 0 Å². The number of nitrogens with zero attached hydrogens (tertiary/aromatic N) is 1. The van der Waals surface area contributed by atoms with Crippen LogP contribution in [0.2, 0.25) is 0 Å². The zero-order valence-electron chi connectivity index (χ0n) is 11.4. The number of anilines is 1. The number of hydrogen-bond donors (Lipinski definition) is 2. The van der Waals surface area contributed by atoms with Crippen molar-refractivity contribution in [1.82, 2.24) is 4.90 Å². The van der Waals surface area contributed by atoms with Crippen molar-refractivity contribution in [2.45, 2.75) is 26.3 Å². The highest BCUT2D eigenvalue weighted by molar-refractivity contribution is 7.80. The molecule has 18 heavy (non-hydrogen) atoms. The molecule has 1 aromatic carbocycles. The van der Waals surface area contributed by atoms with Gasteiger partial charge in [0.05, 0.1) is 0 Å². The standard InChI is InChI=1S/C14H23N3S/c1-11(2)17(3)10-4-9-16-13-7-5-12(6-8-13)14(15)18/h5-8,11,16H,4,9-10H2,1-3H3,(H2,15,18). The van der Waals surface area contributed by atoms with E-state index in [9.17, 15) is 0 Å². The number of nitrogens with two attached hydrogens (primary N) is 1. The minimum atomic E-state index is 0.445. The van der Waals surface area contributed by atoms with Crippen LogP contribution in [-0.2, 0) is 0 Å². The summed E-state index contributed by atoms with van der Waals surface area (Å²) in [7, 11) is 2.15. The maximum Gasteiger partial charge on any atom is 0.103 e. The summed E-state index contributed by atoms with van der Waals surface area (Å²) >= 11 is 4.92. The highest BCUT2D eigenvalue weighted by Crippen LogP contribution is 2.09. The van der Waals surface area contributed by atoms with Crippen molar-refractivity contribution >= 4 is 22.9 Å². The van der Waals surface area contributed by atoms with Crippen LogP contribution < -0.4 is 11.1 Å². The second-order valence-corrected chi connectivity index (χ2v) is 5.24. The highest BCUT2D eigenvalue weighted by Gasteiger charge is 2.02. The predicted octanol–water partition coefficient (Wildman–Crippen LogP) is 2.46. The Morgan fingerprint density at radius 3 is 2.44 bits per heavy atom. The lowest BCUT2D eigenvalue weighted by Crippen LogP contribution is -2.28. The Balaban J connectivity index is 2.29. The average molecular weight is 265 g/mol. The third-order valence-corrected chi connectivity index (χ3v) is 3.30. The van der Waals surface area contributed by atoms with Crippen molar-refractivity contribution in [3.05, 3.63) is 29.8 Å². The molecule has 0 unspecified atom stereocenters. The number of hydrogen-bond acceptors (Lipinski definition) is 3. The second kappa shape index (κ2) is 7.34. The van der Waals surface area contributed by atoms with E-state index in [1.54, 1.807) is 0 Å².